The number of nitrogens with zero attached hydrogens (tertiary/aromatic N) is 1. The summed E-state index contributed by atoms with van der Waals surface area (Å²) in [5.41, 5.74) is 0. The molecule has 5 nitrogen and oxygen atoms in total. The van der Waals surface area contributed by atoms with E-state index in [1.807, 2.05) is 0 Å². The number of hydrogen-bond donors (Lipinski definition) is 2. The van der Waals surface area contributed by atoms with Gasteiger partial charge in [-0.2, -0.15) is 0 Å². The first-order valence-electron chi connectivity index (χ1n) is 6.66. The van der Waals surface area contributed by atoms with Crippen LogP contribution in [0.3, 0.4) is 0 Å². The fourth-order valence-corrected chi connectivity index (χ4v) is 2.25. The molecule has 2 N–H and O–H groups in total. The molecule has 1 aliphatic carbocycles. The third-order valence-corrected chi connectivity index (χ3v) is 3.53. The van der Waals surface area contributed by atoms with Crippen molar-refractivity contribution in [1.29, 1.82) is 0 Å². The van der Waals surface area contributed by atoms with Crippen LogP contribution in [0.25, 0.3) is 0 Å². The first kappa shape index (κ1) is 14.8. The molecule has 0 aromatic rings. The first-order valence-corrected chi connectivity index (χ1v) is 6.66. The van der Waals surface area contributed by atoms with Crippen LogP contribution in [0, 0.1) is 11.8 Å². The zero-order chi connectivity index (χ0) is 13.7. The molecule has 1 aliphatic rings. The van der Waals surface area contributed by atoms with Crippen LogP contribution in [0.4, 0.5) is 4.79 Å². The van der Waals surface area contributed by atoms with Gasteiger partial charge in [-0.1, -0.05) is 20.3 Å². The number of carbonyl (C=O) groups is 2. The number of carbonyl (C=O) groups excluding carboxylic acids is 1. The quantitative estimate of drug-likeness (QED) is 0.789. The Balaban J connectivity index is 2.41. The maximum Gasteiger partial charge on any atom is 0.317 e. The fourth-order valence-electron chi connectivity index (χ4n) is 2.25. The van der Waals surface area contributed by atoms with Gasteiger partial charge in [-0.3, -0.25) is 4.79 Å². The third-order valence-electron chi connectivity index (χ3n) is 3.53. The van der Waals surface area contributed by atoms with Gasteiger partial charge in [0, 0.05) is 19.6 Å². The van der Waals surface area contributed by atoms with E-state index in [9.17, 15) is 9.59 Å². The van der Waals surface area contributed by atoms with Gasteiger partial charge in [0.2, 0.25) is 0 Å². The minimum atomic E-state index is -0.803. The smallest absolute Gasteiger partial charge is 0.317 e. The Labute approximate surface area is 109 Å². The minimum Gasteiger partial charge on any atom is -0.481 e. The number of aliphatic carboxylic acids is 1. The topological polar surface area (TPSA) is 69.6 Å². The van der Waals surface area contributed by atoms with Crippen LogP contribution < -0.4 is 5.32 Å². The van der Waals surface area contributed by atoms with Gasteiger partial charge in [0.05, 0.1) is 5.92 Å². The van der Waals surface area contributed by atoms with E-state index in [4.69, 9.17) is 5.11 Å². The van der Waals surface area contributed by atoms with Crippen LogP contribution in [0.5, 0.6) is 0 Å². The molecule has 18 heavy (non-hydrogen) atoms. The van der Waals surface area contributed by atoms with Gasteiger partial charge in [-0.15, -0.1) is 0 Å². The number of urea groups is 1. The standard InChI is InChI=1S/C13H24N2O3/c1-9(2)7-8-15(3)13(18)14-11-6-4-5-10(11)12(16)17/h9-11H,4-8H2,1-3H3,(H,14,18)(H,16,17). The molecular formula is C13H24N2O3. The molecule has 1 fully saturated rings. The summed E-state index contributed by atoms with van der Waals surface area (Å²) in [6.45, 7) is 4.93. The summed E-state index contributed by atoms with van der Waals surface area (Å²) in [7, 11) is 1.75. The third kappa shape index (κ3) is 4.20. The van der Waals surface area contributed by atoms with Gasteiger partial charge in [-0.25, -0.2) is 4.79 Å². The summed E-state index contributed by atoms with van der Waals surface area (Å²) in [4.78, 5) is 24.6. The molecule has 5 heteroatoms. The Kier molecular flexibility index (Phi) is 5.44. The normalized spacial score (nSPS) is 23.1. The fraction of sp³-hybridized carbons (Fsp3) is 0.846. The lowest BCUT2D eigenvalue weighted by Crippen LogP contribution is -2.46. The summed E-state index contributed by atoms with van der Waals surface area (Å²) >= 11 is 0. The maximum atomic E-state index is 11.9. The van der Waals surface area contributed by atoms with Crippen molar-refractivity contribution in [1.82, 2.24) is 10.2 Å². The SMILES string of the molecule is CC(C)CCN(C)C(=O)NC1CCCC1C(=O)O. The lowest BCUT2D eigenvalue weighted by Gasteiger charge is -2.23. The highest BCUT2D eigenvalue weighted by Crippen LogP contribution is 2.25. The van der Waals surface area contributed by atoms with E-state index >= 15 is 0 Å². The largest absolute Gasteiger partial charge is 0.481 e. The van der Waals surface area contributed by atoms with Crippen molar-refractivity contribution in [2.45, 2.75) is 45.6 Å². The van der Waals surface area contributed by atoms with Gasteiger partial charge in [-0.05, 0) is 25.2 Å². The van der Waals surface area contributed by atoms with E-state index in [1.165, 1.54) is 0 Å². The number of nitrogens with one attached hydrogen (secondary N) is 1. The number of carboxylic acid groups (broad SMARTS) is 1. The lowest BCUT2D eigenvalue weighted by molar-refractivity contribution is -0.142. The molecule has 0 saturated heterocycles. The Bertz CT molecular complexity index is 305. The van der Waals surface area contributed by atoms with Crippen LogP contribution >= 0.6 is 0 Å². The minimum absolute atomic E-state index is 0.159. The molecule has 0 aliphatic heterocycles. The second-order valence-electron chi connectivity index (χ2n) is 5.54. The Morgan fingerprint density at radius 1 is 1.39 bits per heavy atom. The molecule has 0 aromatic heterocycles. The molecule has 0 spiro atoms. The Morgan fingerprint density at radius 2 is 2.06 bits per heavy atom. The van der Waals surface area contributed by atoms with Gasteiger partial charge in [0.25, 0.3) is 0 Å². The van der Waals surface area contributed by atoms with Gasteiger partial charge >= 0.3 is 12.0 Å². The van der Waals surface area contributed by atoms with E-state index in [2.05, 4.69) is 19.2 Å². The highest BCUT2D eigenvalue weighted by atomic mass is 16.4. The molecule has 0 bridgehead atoms. The van der Waals surface area contributed by atoms with Crippen molar-refractivity contribution in [2.75, 3.05) is 13.6 Å². The molecule has 1 rings (SSSR count). The van der Waals surface area contributed by atoms with E-state index < -0.39 is 11.9 Å². The monoisotopic (exact) mass is 256 g/mol. The Hall–Kier alpha value is -1.26. The van der Waals surface area contributed by atoms with Crippen molar-refractivity contribution in [2.24, 2.45) is 11.8 Å². The summed E-state index contributed by atoms with van der Waals surface area (Å²) in [5.74, 6) is -0.673. The molecule has 2 amide bonds. The van der Waals surface area contributed by atoms with Crippen molar-refractivity contribution < 1.29 is 14.7 Å². The molecule has 1 saturated carbocycles. The van der Waals surface area contributed by atoms with Crippen molar-refractivity contribution in [3.05, 3.63) is 0 Å². The molecule has 2 unspecified atom stereocenters. The summed E-state index contributed by atoms with van der Waals surface area (Å²) < 4.78 is 0. The molecule has 0 heterocycles. The highest BCUT2D eigenvalue weighted by molar-refractivity contribution is 5.77. The molecule has 0 radical (unpaired) electrons. The van der Waals surface area contributed by atoms with E-state index in [1.54, 1.807) is 11.9 Å². The molecular weight excluding hydrogens is 232 g/mol. The maximum absolute atomic E-state index is 11.9. The van der Waals surface area contributed by atoms with E-state index in [0.717, 1.165) is 19.3 Å². The van der Waals surface area contributed by atoms with Gasteiger partial charge < -0.3 is 15.3 Å². The predicted molar refractivity (Wildman–Crippen MR) is 69.4 cm³/mol. The lowest BCUT2D eigenvalue weighted by atomic mass is 10.0. The Morgan fingerprint density at radius 3 is 2.61 bits per heavy atom. The van der Waals surface area contributed by atoms with Crippen LogP contribution in [-0.4, -0.2) is 41.6 Å². The van der Waals surface area contributed by atoms with Crippen LogP contribution in [0.1, 0.15) is 39.5 Å². The zero-order valence-electron chi connectivity index (χ0n) is 11.5. The number of hydrogen-bond acceptors (Lipinski definition) is 2. The second-order valence-corrected chi connectivity index (χ2v) is 5.54. The molecule has 0 aromatic carbocycles. The average molecular weight is 256 g/mol. The first-order chi connectivity index (χ1) is 8.41. The van der Waals surface area contributed by atoms with Crippen molar-refractivity contribution >= 4 is 12.0 Å². The number of carboxylic acids is 1. The second kappa shape index (κ2) is 6.61. The zero-order valence-corrected chi connectivity index (χ0v) is 11.5. The summed E-state index contributed by atoms with van der Waals surface area (Å²) in [5, 5.41) is 11.9. The van der Waals surface area contributed by atoms with E-state index in [0.29, 0.717) is 18.9 Å². The van der Waals surface area contributed by atoms with Crippen molar-refractivity contribution in [3.63, 3.8) is 0 Å². The average Bonchev–Trinajstić information content (AvgIpc) is 2.73. The number of amides is 2. The van der Waals surface area contributed by atoms with Gasteiger partial charge in [0.15, 0.2) is 0 Å². The van der Waals surface area contributed by atoms with Gasteiger partial charge in [0.1, 0.15) is 0 Å². The van der Waals surface area contributed by atoms with Crippen LogP contribution in [0.15, 0.2) is 0 Å². The molecule has 104 valence electrons. The van der Waals surface area contributed by atoms with Crippen LogP contribution in [-0.2, 0) is 4.79 Å². The predicted octanol–water partition coefficient (Wildman–Crippen LogP) is 1.93. The van der Waals surface area contributed by atoms with Crippen LogP contribution in [0.2, 0.25) is 0 Å². The van der Waals surface area contributed by atoms with E-state index in [-0.39, 0.29) is 12.1 Å². The highest BCUT2D eigenvalue weighted by Gasteiger charge is 2.34. The molecule has 2 atom stereocenters. The summed E-state index contributed by atoms with van der Waals surface area (Å²) in [6, 6.07) is -0.370. The number of rotatable bonds is 5. The van der Waals surface area contributed by atoms with Crippen molar-refractivity contribution in [3.8, 4) is 0 Å². The summed E-state index contributed by atoms with van der Waals surface area (Å²) in [6.07, 6.45) is 3.26.